The Morgan fingerprint density at radius 2 is 1.60 bits per heavy atom. The molecule has 0 saturated carbocycles. The molecule has 30 heavy (non-hydrogen) atoms. The number of nitrogens with one attached hydrogen (secondary N) is 3. The van der Waals surface area contributed by atoms with Crippen molar-refractivity contribution in [2.45, 2.75) is 13.0 Å². The van der Waals surface area contributed by atoms with Gasteiger partial charge in [0.25, 0.3) is 5.91 Å². The lowest BCUT2D eigenvalue weighted by molar-refractivity contribution is -0.139. The third-order valence-corrected chi connectivity index (χ3v) is 4.26. The minimum Gasteiger partial charge on any atom is -0.497 e. The molecule has 0 heterocycles. The molecule has 2 aromatic rings. The van der Waals surface area contributed by atoms with Gasteiger partial charge in [0, 0.05) is 11.1 Å². The molecule has 9 nitrogen and oxygen atoms in total. The number of anilines is 1. The van der Waals surface area contributed by atoms with E-state index in [1.807, 2.05) is 5.43 Å². The van der Waals surface area contributed by atoms with Crippen molar-refractivity contribution in [2.24, 2.45) is 0 Å². The summed E-state index contributed by atoms with van der Waals surface area (Å²) in [5.74, 6) is -1.84. The van der Waals surface area contributed by atoms with E-state index in [9.17, 15) is 14.4 Å². The van der Waals surface area contributed by atoms with Crippen LogP contribution in [0.25, 0.3) is 0 Å². The lowest BCUT2D eigenvalue weighted by atomic mass is 10.2. The van der Waals surface area contributed by atoms with Crippen molar-refractivity contribution in [2.75, 3.05) is 19.5 Å². The summed E-state index contributed by atoms with van der Waals surface area (Å²) < 4.78 is 15.6. The quantitative estimate of drug-likeness (QED) is 0.455. The van der Waals surface area contributed by atoms with Gasteiger partial charge in [-0.25, -0.2) is 0 Å². The fraction of sp³-hybridized carbons (Fsp3) is 0.211. The third-order valence-electron chi connectivity index (χ3n) is 3.73. The standard InChI is InChI=1S/C19H19Cl2N3O6/c1-10(30-15-6-4-11(20)8-13(15)21)17(25)23-24-19(27)18(26)22-14-9-12(28-2)5-7-16(14)29-3/h4-10H,1-3H3,(H,22,26)(H,23,25)(H,24,27). The van der Waals surface area contributed by atoms with E-state index in [0.717, 1.165) is 0 Å². The molecule has 2 rings (SSSR count). The van der Waals surface area contributed by atoms with Gasteiger partial charge >= 0.3 is 11.8 Å². The van der Waals surface area contributed by atoms with Crippen LogP contribution in [0.3, 0.4) is 0 Å². The molecule has 0 saturated heterocycles. The minimum absolute atomic E-state index is 0.220. The fourth-order valence-electron chi connectivity index (χ4n) is 2.18. The molecular formula is C19H19Cl2N3O6. The summed E-state index contributed by atoms with van der Waals surface area (Å²) in [4.78, 5) is 36.2. The van der Waals surface area contributed by atoms with Gasteiger partial charge in [0.1, 0.15) is 17.2 Å². The Hall–Kier alpha value is -3.17. The van der Waals surface area contributed by atoms with Crippen molar-refractivity contribution < 1.29 is 28.6 Å². The van der Waals surface area contributed by atoms with Crippen LogP contribution in [-0.2, 0) is 14.4 Å². The molecule has 0 spiro atoms. The van der Waals surface area contributed by atoms with Gasteiger partial charge in [0.2, 0.25) is 0 Å². The Morgan fingerprint density at radius 1 is 0.900 bits per heavy atom. The van der Waals surface area contributed by atoms with Crippen LogP contribution in [0.4, 0.5) is 5.69 Å². The number of amides is 3. The Kier molecular flexibility index (Phi) is 8.14. The second-order valence-electron chi connectivity index (χ2n) is 5.80. The summed E-state index contributed by atoms with van der Waals surface area (Å²) in [6.45, 7) is 1.44. The monoisotopic (exact) mass is 455 g/mol. The highest BCUT2D eigenvalue weighted by Crippen LogP contribution is 2.29. The number of halogens is 2. The molecule has 1 unspecified atom stereocenters. The number of hydrogen-bond acceptors (Lipinski definition) is 6. The average Bonchev–Trinajstić information content (AvgIpc) is 2.73. The summed E-state index contributed by atoms with van der Waals surface area (Å²) in [7, 11) is 2.86. The molecule has 0 aromatic heterocycles. The number of carbonyl (C=O) groups is 3. The summed E-state index contributed by atoms with van der Waals surface area (Å²) in [6, 6.07) is 9.18. The maximum absolute atomic E-state index is 12.1. The first kappa shape index (κ1) is 23.1. The second kappa shape index (κ2) is 10.6. The van der Waals surface area contributed by atoms with E-state index < -0.39 is 23.8 Å². The van der Waals surface area contributed by atoms with E-state index >= 15 is 0 Å². The van der Waals surface area contributed by atoms with Crippen LogP contribution in [0.1, 0.15) is 6.92 Å². The number of ether oxygens (including phenoxy) is 3. The van der Waals surface area contributed by atoms with Crippen LogP contribution in [0, 0.1) is 0 Å². The van der Waals surface area contributed by atoms with Crippen LogP contribution in [0.2, 0.25) is 10.0 Å². The van der Waals surface area contributed by atoms with Crippen LogP contribution < -0.4 is 30.4 Å². The van der Waals surface area contributed by atoms with E-state index in [4.69, 9.17) is 37.4 Å². The van der Waals surface area contributed by atoms with Gasteiger partial charge in [-0.15, -0.1) is 0 Å². The van der Waals surface area contributed by atoms with Gasteiger partial charge in [-0.3, -0.25) is 25.2 Å². The Morgan fingerprint density at radius 3 is 2.23 bits per heavy atom. The van der Waals surface area contributed by atoms with E-state index in [0.29, 0.717) is 16.5 Å². The second-order valence-corrected chi connectivity index (χ2v) is 6.64. The van der Waals surface area contributed by atoms with Crippen LogP contribution >= 0.6 is 23.2 Å². The molecule has 0 aliphatic heterocycles. The predicted octanol–water partition coefficient (Wildman–Crippen LogP) is 2.56. The molecule has 11 heteroatoms. The molecule has 1 atom stereocenters. The first-order valence-electron chi connectivity index (χ1n) is 8.50. The van der Waals surface area contributed by atoms with Crippen LogP contribution in [0.15, 0.2) is 36.4 Å². The Bertz CT molecular complexity index is 954. The Labute approximate surface area is 182 Å². The van der Waals surface area contributed by atoms with Gasteiger partial charge in [-0.2, -0.15) is 0 Å². The van der Waals surface area contributed by atoms with Crippen molar-refractivity contribution in [3.8, 4) is 17.2 Å². The maximum atomic E-state index is 12.1. The lowest BCUT2D eigenvalue weighted by Crippen LogP contribution is -2.50. The molecular weight excluding hydrogens is 437 g/mol. The van der Waals surface area contributed by atoms with Crippen LogP contribution in [0.5, 0.6) is 17.2 Å². The zero-order valence-corrected chi connectivity index (χ0v) is 17.8. The van der Waals surface area contributed by atoms with Gasteiger partial charge in [-0.05, 0) is 37.3 Å². The normalized spacial score (nSPS) is 11.1. The smallest absolute Gasteiger partial charge is 0.328 e. The predicted molar refractivity (Wildman–Crippen MR) is 111 cm³/mol. The van der Waals surface area contributed by atoms with E-state index in [-0.39, 0.29) is 16.5 Å². The lowest BCUT2D eigenvalue weighted by Gasteiger charge is -2.16. The van der Waals surface area contributed by atoms with Gasteiger partial charge < -0.3 is 19.5 Å². The summed E-state index contributed by atoms with van der Waals surface area (Å²) in [5, 5.41) is 3.01. The average molecular weight is 456 g/mol. The van der Waals surface area contributed by atoms with Crippen molar-refractivity contribution >= 4 is 46.6 Å². The van der Waals surface area contributed by atoms with Crippen LogP contribution in [-0.4, -0.2) is 38.0 Å². The SMILES string of the molecule is COc1ccc(OC)c(NC(=O)C(=O)NNC(=O)C(C)Oc2ccc(Cl)cc2Cl)c1. The van der Waals surface area contributed by atoms with Crippen molar-refractivity contribution in [1.29, 1.82) is 0 Å². The number of methoxy groups -OCH3 is 2. The third kappa shape index (κ3) is 6.16. The topological polar surface area (TPSA) is 115 Å². The largest absolute Gasteiger partial charge is 0.497 e. The zero-order chi connectivity index (χ0) is 22.3. The minimum atomic E-state index is -1.11. The molecule has 2 aromatic carbocycles. The fourth-order valence-corrected chi connectivity index (χ4v) is 2.64. The summed E-state index contributed by atoms with van der Waals surface area (Å²) >= 11 is 11.8. The molecule has 0 fully saturated rings. The molecule has 0 radical (unpaired) electrons. The Balaban J connectivity index is 1.91. The van der Waals surface area contributed by atoms with Crippen molar-refractivity contribution in [3.05, 3.63) is 46.4 Å². The first-order valence-corrected chi connectivity index (χ1v) is 9.25. The molecule has 3 amide bonds. The number of rotatable bonds is 6. The highest BCUT2D eigenvalue weighted by molar-refractivity contribution is 6.40. The number of hydrogen-bond donors (Lipinski definition) is 3. The van der Waals surface area contributed by atoms with Gasteiger partial charge in [-0.1, -0.05) is 23.2 Å². The highest BCUT2D eigenvalue weighted by Gasteiger charge is 2.20. The molecule has 0 bridgehead atoms. The van der Waals surface area contributed by atoms with E-state index in [2.05, 4.69) is 10.7 Å². The number of benzene rings is 2. The molecule has 3 N–H and O–H groups in total. The van der Waals surface area contributed by atoms with Gasteiger partial charge in [0.05, 0.1) is 24.9 Å². The zero-order valence-electron chi connectivity index (χ0n) is 16.2. The molecule has 160 valence electrons. The molecule has 0 aliphatic carbocycles. The maximum Gasteiger partial charge on any atom is 0.328 e. The molecule has 0 aliphatic rings. The first-order chi connectivity index (χ1) is 14.2. The van der Waals surface area contributed by atoms with Crippen molar-refractivity contribution in [3.63, 3.8) is 0 Å². The van der Waals surface area contributed by atoms with Gasteiger partial charge in [0.15, 0.2) is 6.10 Å². The van der Waals surface area contributed by atoms with Crippen molar-refractivity contribution in [1.82, 2.24) is 10.9 Å². The van der Waals surface area contributed by atoms with E-state index in [1.54, 1.807) is 18.2 Å². The highest BCUT2D eigenvalue weighted by atomic mass is 35.5. The summed E-state index contributed by atoms with van der Waals surface area (Å²) in [5.41, 5.74) is 4.32. The number of carbonyl (C=O) groups excluding carboxylic acids is 3. The van der Waals surface area contributed by atoms with E-state index in [1.165, 1.54) is 39.3 Å². The number of hydrazine groups is 1. The summed E-state index contributed by atoms with van der Waals surface area (Å²) in [6.07, 6.45) is -1.02.